The van der Waals surface area contributed by atoms with Gasteiger partial charge in [0.15, 0.2) is 0 Å². The number of carbonyl (C=O) groups excluding carboxylic acids is 1. The molecule has 1 aliphatic carbocycles. The number of fused-ring (bicyclic) bond motifs is 1. The molecule has 0 bridgehead atoms. The van der Waals surface area contributed by atoms with E-state index in [1.807, 2.05) is 17.2 Å². The van der Waals surface area contributed by atoms with Gasteiger partial charge in [0.1, 0.15) is 0 Å². The highest BCUT2D eigenvalue weighted by Crippen LogP contribution is 2.32. The monoisotopic (exact) mass is 279 g/mol. The molecular weight excluding hydrogens is 258 g/mol. The Labute approximate surface area is 118 Å². The van der Waals surface area contributed by atoms with Crippen molar-refractivity contribution in [2.45, 2.75) is 51.0 Å². The standard InChI is InChI=1S/C15H21NO2S/c1-15(18)7-4-8-16(10-15)14(17)12-9-19-13-6-3-2-5-11(12)13/h9,18H,2-8,10H2,1H3. The number of piperidine rings is 1. The third kappa shape index (κ3) is 2.56. The fraction of sp³-hybridized carbons (Fsp3) is 0.667. The number of aryl methyl sites for hydroxylation is 1. The van der Waals surface area contributed by atoms with Crippen molar-refractivity contribution in [3.05, 3.63) is 21.4 Å². The van der Waals surface area contributed by atoms with Gasteiger partial charge >= 0.3 is 0 Å². The van der Waals surface area contributed by atoms with E-state index in [-0.39, 0.29) is 5.91 Å². The Balaban J connectivity index is 1.82. The van der Waals surface area contributed by atoms with Crippen LogP contribution in [0.5, 0.6) is 0 Å². The molecule has 2 heterocycles. The molecule has 4 heteroatoms. The van der Waals surface area contributed by atoms with E-state index in [0.29, 0.717) is 6.54 Å². The largest absolute Gasteiger partial charge is 0.388 e. The SMILES string of the molecule is CC1(O)CCCN(C(=O)c2csc3c2CCCC3)C1. The zero-order chi connectivity index (χ0) is 13.5. The molecule has 1 aromatic rings. The summed E-state index contributed by atoms with van der Waals surface area (Å²) in [4.78, 5) is 15.9. The normalized spacial score (nSPS) is 27.2. The number of nitrogens with zero attached hydrogens (tertiary/aromatic N) is 1. The molecule has 2 aliphatic rings. The van der Waals surface area contributed by atoms with Crippen LogP contribution in [0.3, 0.4) is 0 Å². The maximum absolute atomic E-state index is 12.6. The Kier molecular flexibility index (Phi) is 3.39. The molecule has 1 amide bonds. The van der Waals surface area contributed by atoms with Gasteiger partial charge in [-0.25, -0.2) is 0 Å². The van der Waals surface area contributed by atoms with Gasteiger partial charge in [-0.1, -0.05) is 0 Å². The van der Waals surface area contributed by atoms with Crippen molar-refractivity contribution in [1.82, 2.24) is 4.90 Å². The molecule has 1 aromatic heterocycles. The molecule has 1 unspecified atom stereocenters. The third-order valence-corrected chi connectivity index (χ3v) is 5.34. The average molecular weight is 279 g/mol. The van der Waals surface area contributed by atoms with Crippen LogP contribution < -0.4 is 0 Å². The van der Waals surface area contributed by atoms with Crippen LogP contribution in [0.2, 0.25) is 0 Å². The summed E-state index contributed by atoms with van der Waals surface area (Å²) in [6.07, 6.45) is 6.31. The molecule has 3 nitrogen and oxygen atoms in total. The lowest BCUT2D eigenvalue weighted by Gasteiger charge is -2.37. The first-order valence-corrected chi connectivity index (χ1v) is 8.06. The number of hydrogen-bond acceptors (Lipinski definition) is 3. The van der Waals surface area contributed by atoms with Gasteiger partial charge in [-0.15, -0.1) is 11.3 Å². The summed E-state index contributed by atoms with van der Waals surface area (Å²) >= 11 is 1.73. The molecule has 1 saturated heterocycles. The molecule has 1 N–H and O–H groups in total. The second kappa shape index (κ2) is 4.91. The van der Waals surface area contributed by atoms with Crippen LogP contribution in [-0.2, 0) is 12.8 Å². The van der Waals surface area contributed by atoms with E-state index in [9.17, 15) is 9.90 Å². The molecule has 1 aliphatic heterocycles. The van der Waals surface area contributed by atoms with Crippen LogP contribution in [0.1, 0.15) is 53.4 Å². The minimum Gasteiger partial charge on any atom is -0.388 e. The number of rotatable bonds is 1. The minimum atomic E-state index is -0.718. The van der Waals surface area contributed by atoms with E-state index < -0.39 is 5.60 Å². The molecule has 19 heavy (non-hydrogen) atoms. The Morgan fingerprint density at radius 3 is 2.95 bits per heavy atom. The Morgan fingerprint density at radius 2 is 2.16 bits per heavy atom. The van der Waals surface area contributed by atoms with Crippen LogP contribution in [0.25, 0.3) is 0 Å². The van der Waals surface area contributed by atoms with Crippen molar-refractivity contribution in [1.29, 1.82) is 0 Å². The summed E-state index contributed by atoms with van der Waals surface area (Å²) in [6, 6.07) is 0. The van der Waals surface area contributed by atoms with Crippen LogP contribution in [0, 0.1) is 0 Å². The number of β-amino-alcohol motifs (C(OH)–C–C–N with tert-alkyl or cyclic N) is 1. The van der Waals surface area contributed by atoms with Gasteiger partial charge in [0.05, 0.1) is 11.2 Å². The van der Waals surface area contributed by atoms with Crippen molar-refractivity contribution >= 4 is 17.2 Å². The summed E-state index contributed by atoms with van der Waals surface area (Å²) in [5.41, 5.74) is 1.47. The third-order valence-electron chi connectivity index (χ3n) is 4.25. The Morgan fingerprint density at radius 1 is 1.37 bits per heavy atom. The number of amides is 1. The highest BCUT2D eigenvalue weighted by atomic mass is 32.1. The van der Waals surface area contributed by atoms with Crippen molar-refractivity contribution in [3.8, 4) is 0 Å². The second-order valence-corrected chi connectivity index (χ2v) is 7.05. The number of aliphatic hydroxyl groups is 1. The van der Waals surface area contributed by atoms with Crippen LogP contribution in [0.4, 0.5) is 0 Å². The first-order chi connectivity index (χ1) is 9.07. The van der Waals surface area contributed by atoms with Crippen LogP contribution in [-0.4, -0.2) is 34.6 Å². The molecule has 0 aromatic carbocycles. The second-order valence-electron chi connectivity index (χ2n) is 6.09. The molecule has 0 saturated carbocycles. The van der Waals surface area contributed by atoms with Crippen molar-refractivity contribution in [3.63, 3.8) is 0 Å². The number of thiophene rings is 1. The van der Waals surface area contributed by atoms with Gasteiger partial charge in [-0.2, -0.15) is 0 Å². The number of likely N-dealkylation sites (tertiary alicyclic amines) is 1. The lowest BCUT2D eigenvalue weighted by Crippen LogP contribution is -2.48. The first kappa shape index (κ1) is 13.1. The lowest BCUT2D eigenvalue weighted by atomic mass is 9.92. The number of hydrogen-bond donors (Lipinski definition) is 1. The van der Waals surface area contributed by atoms with Crippen molar-refractivity contribution < 1.29 is 9.90 Å². The smallest absolute Gasteiger partial charge is 0.255 e. The van der Waals surface area contributed by atoms with Crippen LogP contribution in [0.15, 0.2) is 5.38 Å². The van der Waals surface area contributed by atoms with E-state index in [2.05, 4.69) is 0 Å². The summed E-state index contributed by atoms with van der Waals surface area (Å²) in [5, 5.41) is 12.2. The summed E-state index contributed by atoms with van der Waals surface area (Å²) in [5.74, 6) is 0.124. The lowest BCUT2D eigenvalue weighted by molar-refractivity contribution is -0.0107. The highest BCUT2D eigenvalue weighted by molar-refractivity contribution is 7.10. The van der Waals surface area contributed by atoms with E-state index in [1.165, 1.54) is 23.3 Å². The molecule has 0 spiro atoms. The Hall–Kier alpha value is -0.870. The maximum atomic E-state index is 12.6. The van der Waals surface area contributed by atoms with E-state index >= 15 is 0 Å². The predicted molar refractivity (Wildman–Crippen MR) is 76.7 cm³/mol. The van der Waals surface area contributed by atoms with E-state index in [1.54, 1.807) is 11.3 Å². The molecular formula is C15H21NO2S. The van der Waals surface area contributed by atoms with Crippen molar-refractivity contribution in [2.75, 3.05) is 13.1 Å². The van der Waals surface area contributed by atoms with Crippen molar-refractivity contribution in [2.24, 2.45) is 0 Å². The number of carbonyl (C=O) groups is 1. The van der Waals surface area contributed by atoms with Gasteiger partial charge in [0.2, 0.25) is 0 Å². The fourth-order valence-electron chi connectivity index (χ4n) is 3.24. The molecule has 1 fully saturated rings. The molecule has 1 atom stereocenters. The van der Waals surface area contributed by atoms with Crippen LogP contribution >= 0.6 is 11.3 Å². The van der Waals surface area contributed by atoms with Gasteiger partial charge < -0.3 is 10.0 Å². The molecule has 104 valence electrons. The highest BCUT2D eigenvalue weighted by Gasteiger charge is 2.32. The van der Waals surface area contributed by atoms with E-state index in [4.69, 9.17) is 0 Å². The fourth-order valence-corrected chi connectivity index (χ4v) is 4.36. The maximum Gasteiger partial charge on any atom is 0.255 e. The van der Waals surface area contributed by atoms with Gasteiger partial charge in [-0.3, -0.25) is 4.79 Å². The zero-order valence-electron chi connectivity index (χ0n) is 11.4. The van der Waals surface area contributed by atoms with Gasteiger partial charge in [0, 0.05) is 23.3 Å². The average Bonchev–Trinajstić information content (AvgIpc) is 2.80. The van der Waals surface area contributed by atoms with Gasteiger partial charge in [-0.05, 0) is 51.0 Å². The minimum absolute atomic E-state index is 0.124. The zero-order valence-corrected chi connectivity index (χ0v) is 12.3. The molecule has 3 rings (SSSR count). The quantitative estimate of drug-likeness (QED) is 0.858. The molecule has 0 radical (unpaired) electrons. The Bertz CT molecular complexity index is 492. The summed E-state index contributed by atoms with van der Waals surface area (Å²) < 4.78 is 0. The summed E-state index contributed by atoms with van der Waals surface area (Å²) in [7, 11) is 0. The van der Waals surface area contributed by atoms with E-state index in [0.717, 1.165) is 37.8 Å². The summed E-state index contributed by atoms with van der Waals surface area (Å²) in [6.45, 7) is 3.07. The first-order valence-electron chi connectivity index (χ1n) is 7.18. The topological polar surface area (TPSA) is 40.5 Å². The predicted octanol–water partition coefficient (Wildman–Crippen LogP) is 2.61. The van der Waals surface area contributed by atoms with Gasteiger partial charge in [0.25, 0.3) is 5.91 Å².